The molecule has 3 rings (SSSR count). The van der Waals surface area contributed by atoms with Crippen LogP contribution in [-0.4, -0.2) is 60.0 Å². The average Bonchev–Trinajstić information content (AvgIpc) is 2.67. The molecule has 26 heavy (non-hydrogen) atoms. The van der Waals surface area contributed by atoms with Crippen LogP contribution >= 0.6 is 0 Å². The van der Waals surface area contributed by atoms with Crippen molar-refractivity contribution in [1.29, 1.82) is 0 Å². The third-order valence-electron chi connectivity index (χ3n) is 4.87. The first-order chi connectivity index (χ1) is 12.5. The largest absolute Gasteiger partial charge is 0.378 e. The van der Waals surface area contributed by atoms with E-state index in [1.165, 1.54) is 12.1 Å². The highest BCUT2D eigenvalue weighted by Crippen LogP contribution is 2.34. The second kappa shape index (κ2) is 7.65. The monoisotopic (exact) mass is 364 g/mol. The van der Waals surface area contributed by atoms with Crippen LogP contribution in [0.15, 0.2) is 18.2 Å². The van der Waals surface area contributed by atoms with Crippen LogP contribution < -0.4 is 4.90 Å². The number of benzene rings is 1. The number of anilines is 1. The molecule has 2 fully saturated rings. The summed E-state index contributed by atoms with van der Waals surface area (Å²) in [6.45, 7) is 3.32. The summed E-state index contributed by atoms with van der Waals surface area (Å²) < 4.78 is 5.26. The van der Waals surface area contributed by atoms with E-state index >= 15 is 0 Å². The van der Waals surface area contributed by atoms with Crippen molar-refractivity contribution < 1.29 is 19.4 Å². The maximum atomic E-state index is 12.6. The number of nitro benzene ring substituents is 2. The first-order valence-corrected chi connectivity index (χ1v) is 8.51. The van der Waals surface area contributed by atoms with Gasteiger partial charge in [0.2, 0.25) is 5.91 Å². The predicted octanol–water partition coefficient (Wildman–Crippen LogP) is 1.58. The highest BCUT2D eigenvalue weighted by molar-refractivity contribution is 5.79. The van der Waals surface area contributed by atoms with Crippen molar-refractivity contribution >= 4 is 23.0 Å². The van der Waals surface area contributed by atoms with Gasteiger partial charge in [0, 0.05) is 38.2 Å². The smallest absolute Gasteiger partial charge is 0.299 e. The van der Waals surface area contributed by atoms with E-state index in [1.807, 2.05) is 9.80 Å². The average molecular weight is 364 g/mol. The van der Waals surface area contributed by atoms with E-state index in [9.17, 15) is 25.0 Å². The first kappa shape index (κ1) is 18.1. The number of nitrogens with zero attached hydrogens (tertiary/aromatic N) is 4. The van der Waals surface area contributed by atoms with Crippen molar-refractivity contribution in [3.8, 4) is 0 Å². The molecule has 0 N–H and O–H groups in total. The number of hydrogen-bond acceptors (Lipinski definition) is 7. The lowest BCUT2D eigenvalue weighted by Crippen LogP contribution is -2.46. The predicted molar refractivity (Wildman–Crippen MR) is 92.1 cm³/mol. The van der Waals surface area contributed by atoms with E-state index in [0.29, 0.717) is 57.9 Å². The Bertz CT molecular complexity index is 711. The summed E-state index contributed by atoms with van der Waals surface area (Å²) in [4.78, 5) is 37.1. The number of nitro groups is 2. The number of piperidine rings is 1. The Morgan fingerprint density at radius 3 is 2.27 bits per heavy atom. The Morgan fingerprint density at radius 2 is 1.69 bits per heavy atom. The molecule has 0 radical (unpaired) electrons. The summed E-state index contributed by atoms with van der Waals surface area (Å²) in [5.41, 5.74) is -0.229. The fraction of sp³-hybridized carbons (Fsp3) is 0.562. The molecule has 1 aromatic rings. The second-order valence-corrected chi connectivity index (χ2v) is 6.39. The number of amides is 1. The summed E-state index contributed by atoms with van der Waals surface area (Å²) in [5.74, 6) is 0.0209. The van der Waals surface area contributed by atoms with E-state index in [2.05, 4.69) is 0 Å². The van der Waals surface area contributed by atoms with Crippen LogP contribution in [0.1, 0.15) is 12.8 Å². The summed E-state index contributed by atoms with van der Waals surface area (Å²) >= 11 is 0. The Kier molecular flexibility index (Phi) is 5.31. The molecule has 0 aliphatic carbocycles. The van der Waals surface area contributed by atoms with Gasteiger partial charge in [-0.2, -0.15) is 0 Å². The molecule has 2 aliphatic heterocycles. The molecule has 0 unspecified atom stereocenters. The number of carbonyl (C=O) groups is 1. The third-order valence-corrected chi connectivity index (χ3v) is 4.87. The Balaban J connectivity index is 1.68. The number of ether oxygens (including phenoxy) is 1. The normalized spacial score (nSPS) is 18.6. The van der Waals surface area contributed by atoms with Crippen LogP contribution in [0, 0.1) is 26.1 Å². The zero-order valence-electron chi connectivity index (χ0n) is 14.2. The van der Waals surface area contributed by atoms with Crippen molar-refractivity contribution in [2.75, 3.05) is 44.3 Å². The van der Waals surface area contributed by atoms with Gasteiger partial charge in [0.1, 0.15) is 5.69 Å². The van der Waals surface area contributed by atoms with Crippen LogP contribution in [0.25, 0.3) is 0 Å². The zero-order chi connectivity index (χ0) is 18.7. The molecular weight excluding hydrogens is 344 g/mol. The van der Waals surface area contributed by atoms with Crippen LogP contribution in [0.2, 0.25) is 0 Å². The summed E-state index contributed by atoms with van der Waals surface area (Å²) in [5, 5.41) is 22.2. The molecule has 0 spiro atoms. The molecule has 2 heterocycles. The molecular formula is C16H20N4O6. The highest BCUT2D eigenvalue weighted by Gasteiger charge is 2.32. The molecule has 1 aromatic carbocycles. The van der Waals surface area contributed by atoms with E-state index in [1.54, 1.807) is 0 Å². The van der Waals surface area contributed by atoms with Crippen molar-refractivity contribution in [3.63, 3.8) is 0 Å². The van der Waals surface area contributed by atoms with Gasteiger partial charge in [0.15, 0.2) is 0 Å². The fourth-order valence-corrected chi connectivity index (χ4v) is 3.45. The van der Waals surface area contributed by atoms with Crippen LogP contribution in [-0.2, 0) is 9.53 Å². The van der Waals surface area contributed by atoms with Gasteiger partial charge in [-0.25, -0.2) is 0 Å². The van der Waals surface area contributed by atoms with E-state index < -0.39 is 9.85 Å². The zero-order valence-corrected chi connectivity index (χ0v) is 14.2. The summed E-state index contributed by atoms with van der Waals surface area (Å²) in [7, 11) is 0. The van der Waals surface area contributed by atoms with Crippen molar-refractivity contribution in [2.45, 2.75) is 12.8 Å². The summed E-state index contributed by atoms with van der Waals surface area (Å²) in [6.07, 6.45) is 1.20. The molecule has 10 heteroatoms. The number of hydrogen-bond donors (Lipinski definition) is 0. The lowest BCUT2D eigenvalue weighted by atomic mass is 9.94. The maximum absolute atomic E-state index is 12.6. The third kappa shape index (κ3) is 3.74. The van der Waals surface area contributed by atoms with Gasteiger partial charge >= 0.3 is 0 Å². The Morgan fingerprint density at radius 1 is 1.04 bits per heavy atom. The van der Waals surface area contributed by atoms with Crippen LogP contribution in [0.4, 0.5) is 17.1 Å². The Labute approximate surface area is 149 Å². The van der Waals surface area contributed by atoms with Gasteiger partial charge in [0.05, 0.1) is 29.1 Å². The van der Waals surface area contributed by atoms with Crippen molar-refractivity contribution in [3.05, 3.63) is 38.4 Å². The van der Waals surface area contributed by atoms with Crippen LogP contribution in [0.5, 0.6) is 0 Å². The Hall–Kier alpha value is -2.75. The topological polar surface area (TPSA) is 119 Å². The molecule has 1 amide bonds. The van der Waals surface area contributed by atoms with Gasteiger partial charge in [-0.05, 0) is 18.9 Å². The highest BCUT2D eigenvalue weighted by atomic mass is 16.6. The second-order valence-electron chi connectivity index (χ2n) is 6.39. The quantitative estimate of drug-likeness (QED) is 0.587. The standard InChI is InChI=1S/C16H20N4O6/c21-16(18-7-9-26-10-8-18)12-3-5-17(6-4-12)14-2-1-13(19(22)23)11-15(14)20(24)25/h1-2,11-12H,3-10H2. The maximum Gasteiger partial charge on any atom is 0.299 e. The van der Waals surface area contributed by atoms with E-state index in [0.717, 1.165) is 6.07 Å². The van der Waals surface area contributed by atoms with Gasteiger partial charge in [0.25, 0.3) is 11.4 Å². The molecule has 0 bridgehead atoms. The minimum atomic E-state index is -0.649. The van der Waals surface area contributed by atoms with E-state index in [4.69, 9.17) is 4.74 Å². The molecule has 0 saturated carbocycles. The number of rotatable bonds is 4. The summed E-state index contributed by atoms with van der Waals surface area (Å²) in [6, 6.07) is 3.67. The van der Waals surface area contributed by atoms with Crippen molar-refractivity contribution in [1.82, 2.24) is 4.90 Å². The first-order valence-electron chi connectivity index (χ1n) is 8.51. The van der Waals surface area contributed by atoms with Crippen LogP contribution in [0.3, 0.4) is 0 Å². The fourth-order valence-electron chi connectivity index (χ4n) is 3.45. The molecule has 2 saturated heterocycles. The van der Waals surface area contributed by atoms with Crippen molar-refractivity contribution in [2.24, 2.45) is 5.92 Å². The number of non-ortho nitro benzene ring substituents is 1. The minimum Gasteiger partial charge on any atom is -0.378 e. The number of carbonyl (C=O) groups excluding carboxylic acids is 1. The van der Waals surface area contributed by atoms with Gasteiger partial charge in [-0.1, -0.05) is 0 Å². The molecule has 2 aliphatic rings. The van der Waals surface area contributed by atoms with Gasteiger partial charge in [-0.3, -0.25) is 25.0 Å². The molecule has 0 aromatic heterocycles. The lowest BCUT2D eigenvalue weighted by Gasteiger charge is -2.36. The lowest BCUT2D eigenvalue weighted by molar-refractivity contribution is -0.393. The minimum absolute atomic E-state index is 0.0959. The van der Waals surface area contributed by atoms with Gasteiger partial charge in [-0.15, -0.1) is 0 Å². The molecule has 10 nitrogen and oxygen atoms in total. The number of morpholine rings is 1. The van der Waals surface area contributed by atoms with E-state index in [-0.39, 0.29) is 23.2 Å². The van der Waals surface area contributed by atoms with Gasteiger partial charge < -0.3 is 14.5 Å². The molecule has 0 atom stereocenters. The SMILES string of the molecule is O=C(C1CCN(c2ccc([N+](=O)[O-])cc2[N+](=O)[O-])CC1)N1CCOCC1. The molecule has 140 valence electrons.